The Morgan fingerprint density at radius 1 is 1.15 bits per heavy atom. The summed E-state index contributed by atoms with van der Waals surface area (Å²) in [6, 6.07) is 16.4. The van der Waals surface area contributed by atoms with Crippen LogP contribution in [0.25, 0.3) is 11.1 Å². The summed E-state index contributed by atoms with van der Waals surface area (Å²) in [4.78, 5) is 14.8. The van der Waals surface area contributed by atoms with E-state index >= 15 is 0 Å². The first kappa shape index (κ1) is 18.6. The summed E-state index contributed by atoms with van der Waals surface area (Å²) in [5.74, 6) is 0.970. The van der Waals surface area contributed by atoms with Crippen LogP contribution in [0.2, 0.25) is 5.02 Å². The summed E-state index contributed by atoms with van der Waals surface area (Å²) in [5, 5.41) is 10.1. The van der Waals surface area contributed by atoms with Crippen LogP contribution >= 0.6 is 11.6 Å². The van der Waals surface area contributed by atoms with Crippen LogP contribution in [0.15, 0.2) is 53.3 Å². The predicted octanol–water partition coefficient (Wildman–Crippen LogP) is 4.46. The smallest absolute Gasteiger partial charge is 0.266 e. The van der Waals surface area contributed by atoms with Gasteiger partial charge in [-0.15, -0.1) is 0 Å². The summed E-state index contributed by atoms with van der Waals surface area (Å²) < 4.78 is 11.5. The highest BCUT2D eigenvalue weighted by Crippen LogP contribution is 2.39. The average molecular weight is 381 g/mol. The monoisotopic (exact) mass is 380 g/mol. The van der Waals surface area contributed by atoms with Gasteiger partial charge in [0.25, 0.3) is 5.56 Å². The number of rotatable bonds is 5. The van der Waals surface area contributed by atoms with Crippen LogP contribution in [-0.2, 0) is 6.61 Å². The van der Waals surface area contributed by atoms with Crippen LogP contribution in [-0.4, -0.2) is 12.1 Å². The lowest BCUT2D eigenvalue weighted by molar-refractivity contribution is 0.286. The SMILES string of the molecule is COc1cccc(-c2cc(C)[nH]c(=O)c2C#N)c1OCc1cccc(Cl)c1. The molecule has 0 saturated carbocycles. The topological polar surface area (TPSA) is 75.1 Å². The molecule has 0 aliphatic rings. The van der Waals surface area contributed by atoms with E-state index in [4.69, 9.17) is 21.1 Å². The van der Waals surface area contributed by atoms with Gasteiger partial charge in [0.1, 0.15) is 18.2 Å². The second kappa shape index (κ2) is 7.98. The number of pyridine rings is 1. The minimum atomic E-state index is -0.434. The van der Waals surface area contributed by atoms with Gasteiger partial charge in [0.05, 0.1) is 7.11 Å². The second-order valence-electron chi connectivity index (χ2n) is 5.94. The standard InChI is InChI=1S/C21H17ClN2O3/c1-13-9-17(18(11-23)21(25)24-13)16-7-4-8-19(26-2)20(16)27-12-14-5-3-6-15(22)10-14/h3-10H,12H2,1-2H3,(H,24,25). The Labute approximate surface area is 161 Å². The molecule has 0 spiro atoms. The Morgan fingerprint density at radius 2 is 1.93 bits per heavy atom. The lowest BCUT2D eigenvalue weighted by Gasteiger charge is -2.16. The third-order valence-electron chi connectivity index (χ3n) is 4.04. The van der Waals surface area contributed by atoms with Crippen molar-refractivity contribution in [3.05, 3.63) is 80.7 Å². The maximum Gasteiger partial charge on any atom is 0.266 e. The van der Waals surface area contributed by atoms with Crippen LogP contribution in [0.3, 0.4) is 0 Å². The summed E-state index contributed by atoms with van der Waals surface area (Å²) in [6.45, 7) is 2.02. The largest absolute Gasteiger partial charge is 0.493 e. The quantitative estimate of drug-likeness (QED) is 0.708. The number of para-hydroxylation sites is 1. The van der Waals surface area contributed by atoms with Crippen molar-refractivity contribution < 1.29 is 9.47 Å². The van der Waals surface area contributed by atoms with Crippen LogP contribution < -0.4 is 15.0 Å². The summed E-state index contributed by atoms with van der Waals surface area (Å²) in [6.07, 6.45) is 0. The molecule has 3 rings (SSSR count). The van der Waals surface area contributed by atoms with Gasteiger partial charge in [-0.05, 0) is 36.8 Å². The van der Waals surface area contributed by atoms with Gasteiger partial charge in [-0.3, -0.25) is 4.79 Å². The van der Waals surface area contributed by atoms with Gasteiger partial charge in [0.2, 0.25) is 0 Å². The number of nitriles is 1. The van der Waals surface area contributed by atoms with Crippen molar-refractivity contribution in [2.75, 3.05) is 7.11 Å². The van der Waals surface area contributed by atoms with E-state index in [9.17, 15) is 10.1 Å². The molecular weight excluding hydrogens is 364 g/mol. The highest BCUT2D eigenvalue weighted by atomic mass is 35.5. The average Bonchev–Trinajstić information content (AvgIpc) is 2.65. The van der Waals surface area contributed by atoms with Gasteiger partial charge in [-0.1, -0.05) is 35.9 Å². The summed E-state index contributed by atoms with van der Waals surface area (Å²) in [5.41, 5.74) is 2.25. The predicted molar refractivity (Wildman–Crippen MR) is 104 cm³/mol. The van der Waals surface area contributed by atoms with E-state index in [2.05, 4.69) is 4.98 Å². The van der Waals surface area contributed by atoms with E-state index in [1.807, 2.05) is 24.3 Å². The third kappa shape index (κ3) is 3.97. The molecule has 27 heavy (non-hydrogen) atoms. The van der Waals surface area contributed by atoms with Gasteiger partial charge in [-0.25, -0.2) is 0 Å². The van der Waals surface area contributed by atoms with E-state index < -0.39 is 5.56 Å². The van der Waals surface area contributed by atoms with E-state index in [0.29, 0.717) is 33.3 Å². The first-order valence-electron chi connectivity index (χ1n) is 8.22. The molecule has 0 aliphatic carbocycles. The van der Waals surface area contributed by atoms with Crippen LogP contribution in [0.4, 0.5) is 0 Å². The number of hydrogen-bond acceptors (Lipinski definition) is 4. The van der Waals surface area contributed by atoms with Gasteiger partial charge in [0, 0.05) is 21.8 Å². The number of halogens is 1. The van der Waals surface area contributed by atoms with Gasteiger partial charge in [0.15, 0.2) is 11.5 Å². The maximum atomic E-state index is 12.2. The number of hydrogen-bond donors (Lipinski definition) is 1. The molecule has 0 saturated heterocycles. The summed E-state index contributed by atoms with van der Waals surface area (Å²) in [7, 11) is 1.54. The molecule has 136 valence electrons. The lowest BCUT2D eigenvalue weighted by Crippen LogP contribution is -2.13. The number of nitrogens with one attached hydrogen (secondary N) is 1. The minimum Gasteiger partial charge on any atom is -0.493 e. The van der Waals surface area contributed by atoms with Crippen molar-refractivity contribution in [2.45, 2.75) is 13.5 Å². The highest BCUT2D eigenvalue weighted by molar-refractivity contribution is 6.30. The second-order valence-corrected chi connectivity index (χ2v) is 6.37. The molecule has 0 aliphatic heterocycles. The lowest BCUT2D eigenvalue weighted by atomic mass is 9.99. The number of aromatic nitrogens is 1. The highest BCUT2D eigenvalue weighted by Gasteiger charge is 2.18. The Bertz CT molecular complexity index is 1080. The molecule has 1 heterocycles. The first-order chi connectivity index (χ1) is 13.0. The van der Waals surface area contributed by atoms with Crippen molar-refractivity contribution in [1.29, 1.82) is 5.26 Å². The zero-order valence-electron chi connectivity index (χ0n) is 14.9. The van der Waals surface area contributed by atoms with Crippen molar-refractivity contribution >= 4 is 11.6 Å². The molecule has 0 fully saturated rings. The number of methoxy groups -OCH3 is 1. The van der Waals surface area contributed by atoms with Gasteiger partial charge < -0.3 is 14.5 Å². The summed E-state index contributed by atoms with van der Waals surface area (Å²) >= 11 is 6.03. The number of aryl methyl sites for hydroxylation is 1. The first-order valence-corrected chi connectivity index (χ1v) is 8.60. The number of ether oxygens (including phenoxy) is 2. The van der Waals surface area contributed by atoms with Gasteiger partial charge >= 0.3 is 0 Å². The zero-order chi connectivity index (χ0) is 19.4. The molecular formula is C21H17ClN2O3. The Morgan fingerprint density at radius 3 is 2.63 bits per heavy atom. The molecule has 1 aromatic heterocycles. The molecule has 0 radical (unpaired) electrons. The van der Waals surface area contributed by atoms with E-state index in [0.717, 1.165) is 5.56 Å². The third-order valence-corrected chi connectivity index (χ3v) is 4.28. The Hall–Kier alpha value is -3.23. The molecule has 2 aromatic carbocycles. The van der Waals surface area contributed by atoms with Crippen molar-refractivity contribution in [1.82, 2.24) is 4.98 Å². The van der Waals surface area contributed by atoms with Crippen LogP contribution in [0.1, 0.15) is 16.8 Å². The Kier molecular flexibility index (Phi) is 5.49. The van der Waals surface area contributed by atoms with E-state index in [-0.39, 0.29) is 12.2 Å². The number of benzene rings is 2. The minimum absolute atomic E-state index is 0.0291. The molecule has 0 atom stereocenters. The van der Waals surface area contributed by atoms with Crippen molar-refractivity contribution in [3.63, 3.8) is 0 Å². The molecule has 6 heteroatoms. The normalized spacial score (nSPS) is 10.3. The number of aromatic amines is 1. The number of H-pyrrole nitrogens is 1. The molecule has 1 N–H and O–H groups in total. The fourth-order valence-electron chi connectivity index (χ4n) is 2.83. The van der Waals surface area contributed by atoms with Crippen LogP contribution in [0, 0.1) is 18.3 Å². The van der Waals surface area contributed by atoms with Gasteiger partial charge in [-0.2, -0.15) is 5.26 Å². The van der Waals surface area contributed by atoms with E-state index in [1.54, 1.807) is 44.4 Å². The molecule has 0 amide bonds. The maximum absolute atomic E-state index is 12.2. The fraction of sp³-hybridized carbons (Fsp3) is 0.143. The molecule has 5 nitrogen and oxygen atoms in total. The molecule has 3 aromatic rings. The number of nitrogens with zero attached hydrogens (tertiary/aromatic N) is 1. The fourth-order valence-corrected chi connectivity index (χ4v) is 3.04. The molecule has 0 bridgehead atoms. The Balaban J connectivity index is 2.10. The van der Waals surface area contributed by atoms with E-state index in [1.165, 1.54) is 0 Å². The van der Waals surface area contributed by atoms with Crippen LogP contribution in [0.5, 0.6) is 11.5 Å². The molecule has 0 unspecified atom stereocenters. The van der Waals surface area contributed by atoms with Crippen molar-refractivity contribution in [3.8, 4) is 28.7 Å². The van der Waals surface area contributed by atoms with Crippen molar-refractivity contribution in [2.24, 2.45) is 0 Å². The zero-order valence-corrected chi connectivity index (χ0v) is 15.6.